The number of nitrogens with one attached hydrogen (secondary N) is 1. The van der Waals surface area contributed by atoms with E-state index in [1.165, 1.54) is 0 Å². The van der Waals surface area contributed by atoms with Crippen molar-refractivity contribution in [2.45, 2.75) is 13.5 Å². The minimum Gasteiger partial charge on any atom is -0.490 e. The van der Waals surface area contributed by atoms with E-state index in [9.17, 15) is 4.79 Å². The minimum absolute atomic E-state index is 0.0708. The maximum absolute atomic E-state index is 10.4. The van der Waals surface area contributed by atoms with Gasteiger partial charge in [-0.2, -0.15) is 0 Å². The molecule has 19 heavy (non-hydrogen) atoms. The van der Waals surface area contributed by atoms with Gasteiger partial charge in [0.05, 0.1) is 13.2 Å². The highest BCUT2D eigenvalue weighted by molar-refractivity contribution is 5.69. The summed E-state index contributed by atoms with van der Waals surface area (Å²) in [5, 5.41) is 11.4. The summed E-state index contributed by atoms with van der Waals surface area (Å²) in [4.78, 5) is 10.4. The highest BCUT2D eigenvalue weighted by atomic mass is 16.5. The molecule has 0 saturated carbocycles. The Morgan fingerprint density at radius 1 is 1.42 bits per heavy atom. The van der Waals surface area contributed by atoms with Gasteiger partial charge < -0.3 is 19.9 Å². The van der Waals surface area contributed by atoms with Crippen LogP contribution in [0.25, 0.3) is 0 Å². The molecule has 0 spiro atoms. The lowest BCUT2D eigenvalue weighted by atomic mass is 10.2. The predicted molar refractivity (Wildman–Crippen MR) is 72.6 cm³/mol. The lowest BCUT2D eigenvalue weighted by molar-refractivity contribution is -0.135. The van der Waals surface area contributed by atoms with Gasteiger partial charge in [-0.25, -0.2) is 0 Å². The van der Waals surface area contributed by atoms with E-state index in [2.05, 4.69) is 11.9 Å². The van der Waals surface area contributed by atoms with Crippen LogP contribution in [0.15, 0.2) is 30.9 Å². The Morgan fingerprint density at radius 3 is 2.84 bits per heavy atom. The number of benzene rings is 1. The molecule has 5 heteroatoms. The van der Waals surface area contributed by atoms with Crippen LogP contribution in [0.5, 0.6) is 11.5 Å². The molecule has 0 fully saturated rings. The van der Waals surface area contributed by atoms with Gasteiger partial charge in [0.2, 0.25) is 0 Å². The normalized spacial score (nSPS) is 9.95. The van der Waals surface area contributed by atoms with Crippen LogP contribution >= 0.6 is 0 Å². The van der Waals surface area contributed by atoms with Crippen LogP contribution in [-0.4, -0.2) is 30.8 Å². The van der Waals surface area contributed by atoms with Crippen molar-refractivity contribution in [3.8, 4) is 11.5 Å². The number of carboxylic acid groups (broad SMARTS) is 1. The van der Waals surface area contributed by atoms with Gasteiger partial charge in [-0.05, 0) is 24.6 Å². The highest BCUT2D eigenvalue weighted by Crippen LogP contribution is 2.28. The van der Waals surface area contributed by atoms with Gasteiger partial charge >= 0.3 is 5.97 Å². The second-order valence-electron chi connectivity index (χ2n) is 3.81. The van der Waals surface area contributed by atoms with E-state index in [0.29, 0.717) is 31.3 Å². The molecule has 0 aliphatic carbocycles. The number of rotatable bonds is 9. The number of hydrogen-bond acceptors (Lipinski definition) is 4. The highest BCUT2D eigenvalue weighted by Gasteiger charge is 2.06. The third kappa shape index (κ3) is 5.44. The van der Waals surface area contributed by atoms with Crippen LogP contribution in [-0.2, 0) is 11.3 Å². The molecule has 0 saturated heterocycles. The molecule has 5 nitrogen and oxygen atoms in total. The van der Waals surface area contributed by atoms with Gasteiger partial charge in [0.25, 0.3) is 0 Å². The Bertz CT molecular complexity index is 431. The minimum atomic E-state index is -0.879. The second-order valence-corrected chi connectivity index (χ2v) is 3.81. The van der Waals surface area contributed by atoms with Crippen LogP contribution in [0.1, 0.15) is 12.5 Å². The van der Waals surface area contributed by atoms with Gasteiger partial charge in [-0.1, -0.05) is 18.7 Å². The Balaban J connectivity index is 2.70. The van der Waals surface area contributed by atoms with E-state index < -0.39 is 5.97 Å². The van der Waals surface area contributed by atoms with Crippen molar-refractivity contribution in [1.29, 1.82) is 0 Å². The molecule has 1 aromatic rings. The maximum Gasteiger partial charge on any atom is 0.317 e. The Morgan fingerprint density at radius 2 is 2.21 bits per heavy atom. The van der Waals surface area contributed by atoms with Crippen LogP contribution in [0.3, 0.4) is 0 Å². The predicted octanol–water partition coefficient (Wildman–Crippen LogP) is 1.82. The summed E-state index contributed by atoms with van der Waals surface area (Å²) in [5.74, 6) is 0.429. The van der Waals surface area contributed by atoms with E-state index in [-0.39, 0.29) is 6.54 Å². The fourth-order valence-corrected chi connectivity index (χ4v) is 1.51. The van der Waals surface area contributed by atoms with E-state index in [4.69, 9.17) is 14.6 Å². The first kappa shape index (κ1) is 15.0. The zero-order chi connectivity index (χ0) is 14.1. The zero-order valence-corrected chi connectivity index (χ0v) is 11.0. The smallest absolute Gasteiger partial charge is 0.317 e. The number of carbonyl (C=O) groups is 1. The molecule has 0 radical (unpaired) electrons. The summed E-state index contributed by atoms with van der Waals surface area (Å²) in [6.07, 6.45) is 1.66. The number of hydrogen-bond donors (Lipinski definition) is 2. The van der Waals surface area contributed by atoms with E-state index in [0.717, 1.165) is 5.56 Å². The molecule has 0 amide bonds. The second kappa shape index (κ2) is 8.16. The molecule has 1 aromatic carbocycles. The molecule has 0 heterocycles. The first-order valence-electron chi connectivity index (χ1n) is 6.09. The molecule has 0 aromatic heterocycles. The zero-order valence-electron chi connectivity index (χ0n) is 11.0. The Labute approximate surface area is 112 Å². The average molecular weight is 265 g/mol. The van der Waals surface area contributed by atoms with Gasteiger partial charge in [-0.15, -0.1) is 0 Å². The molecule has 104 valence electrons. The summed E-state index contributed by atoms with van der Waals surface area (Å²) in [6.45, 7) is 6.84. The molecule has 2 N–H and O–H groups in total. The number of carboxylic acids is 1. The maximum atomic E-state index is 10.4. The largest absolute Gasteiger partial charge is 0.490 e. The summed E-state index contributed by atoms with van der Waals surface area (Å²) in [6, 6.07) is 5.53. The molecular weight excluding hydrogens is 246 g/mol. The first-order chi connectivity index (χ1) is 9.17. The molecule has 0 unspecified atom stereocenters. The molecule has 0 atom stereocenters. The number of aliphatic carboxylic acids is 1. The van der Waals surface area contributed by atoms with Crippen molar-refractivity contribution in [2.24, 2.45) is 0 Å². The van der Waals surface area contributed by atoms with E-state index in [1.807, 2.05) is 25.1 Å². The van der Waals surface area contributed by atoms with Crippen molar-refractivity contribution >= 4 is 5.97 Å². The lowest BCUT2D eigenvalue weighted by Gasteiger charge is -2.12. The summed E-state index contributed by atoms with van der Waals surface area (Å²) >= 11 is 0. The monoisotopic (exact) mass is 265 g/mol. The Kier molecular flexibility index (Phi) is 6.46. The third-order valence-electron chi connectivity index (χ3n) is 2.27. The Hall–Kier alpha value is -2.01. The van der Waals surface area contributed by atoms with Crippen LogP contribution < -0.4 is 14.8 Å². The van der Waals surface area contributed by atoms with Crippen molar-refractivity contribution in [3.05, 3.63) is 36.4 Å². The average Bonchev–Trinajstić information content (AvgIpc) is 2.38. The molecule has 0 bridgehead atoms. The summed E-state index contributed by atoms with van der Waals surface area (Å²) in [5.41, 5.74) is 0.940. The standard InChI is InChI=1S/C14H19NO4/c1-3-7-19-12-6-5-11(8-13(12)18-4-2)9-15-10-14(16)17/h3,5-6,8,15H,1,4,7,9-10H2,2H3,(H,16,17). The first-order valence-corrected chi connectivity index (χ1v) is 6.09. The van der Waals surface area contributed by atoms with E-state index >= 15 is 0 Å². The van der Waals surface area contributed by atoms with Crippen LogP contribution in [0, 0.1) is 0 Å². The lowest BCUT2D eigenvalue weighted by Crippen LogP contribution is -2.21. The van der Waals surface area contributed by atoms with Crippen molar-refractivity contribution < 1.29 is 19.4 Å². The third-order valence-corrected chi connectivity index (χ3v) is 2.27. The topological polar surface area (TPSA) is 67.8 Å². The van der Waals surface area contributed by atoms with Gasteiger partial charge in [0.1, 0.15) is 6.61 Å². The fourth-order valence-electron chi connectivity index (χ4n) is 1.51. The quantitative estimate of drug-likeness (QED) is 0.667. The van der Waals surface area contributed by atoms with Crippen LogP contribution in [0.2, 0.25) is 0 Å². The van der Waals surface area contributed by atoms with Gasteiger partial charge in [0, 0.05) is 6.54 Å². The summed E-state index contributed by atoms with van der Waals surface area (Å²) in [7, 11) is 0. The fraction of sp³-hybridized carbons (Fsp3) is 0.357. The number of ether oxygens (including phenoxy) is 2. The SMILES string of the molecule is C=CCOc1ccc(CNCC(=O)O)cc1OCC. The van der Waals surface area contributed by atoms with Gasteiger partial charge in [0.15, 0.2) is 11.5 Å². The van der Waals surface area contributed by atoms with E-state index in [1.54, 1.807) is 6.08 Å². The van der Waals surface area contributed by atoms with Crippen molar-refractivity contribution in [3.63, 3.8) is 0 Å². The molecule has 1 rings (SSSR count). The van der Waals surface area contributed by atoms with Gasteiger partial charge in [-0.3, -0.25) is 4.79 Å². The van der Waals surface area contributed by atoms with Crippen molar-refractivity contribution in [1.82, 2.24) is 5.32 Å². The molecular formula is C14H19NO4. The molecule has 0 aliphatic heterocycles. The summed E-state index contributed by atoms with van der Waals surface area (Å²) < 4.78 is 11.0. The molecule has 0 aliphatic rings. The van der Waals surface area contributed by atoms with Crippen LogP contribution in [0.4, 0.5) is 0 Å². The van der Waals surface area contributed by atoms with Crippen molar-refractivity contribution in [2.75, 3.05) is 19.8 Å².